The van der Waals surface area contributed by atoms with E-state index in [4.69, 9.17) is 10.8 Å². The van der Waals surface area contributed by atoms with Crippen LogP contribution in [0.15, 0.2) is 12.2 Å². The highest BCUT2D eigenvalue weighted by molar-refractivity contribution is 5.69. The highest BCUT2D eigenvalue weighted by atomic mass is 16.4. The fourth-order valence-electron chi connectivity index (χ4n) is 2.36. The first-order valence-electron chi connectivity index (χ1n) is 8.43. The second kappa shape index (κ2) is 14.6. The molecule has 0 saturated heterocycles. The molecule has 0 aromatic rings. The lowest BCUT2D eigenvalue weighted by molar-refractivity contribution is -0.108. The minimum atomic E-state index is -1.08. The van der Waals surface area contributed by atoms with E-state index in [2.05, 4.69) is 19.1 Å². The molecule has 0 aromatic heterocycles. The van der Waals surface area contributed by atoms with Crippen LogP contribution in [0.5, 0.6) is 0 Å². The van der Waals surface area contributed by atoms with Crippen molar-refractivity contribution in [3.63, 3.8) is 0 Å². The minimum Gasteiger partial charge on any atom is -0.465 e. The third-order valence-corrected chi connectivity index (χ3v) is 3.62. The maximum Gasteiger partial charge on any atom is 0.407 e. The first-order chi connectivity index (χ1) is 10.6. The van der Waals surface area contributed by atoms with Gasteiger partial charge in [0.2, 0.25) is 0 Å². The number of carbonyl (C=O) groups is 2. The number of hydrogen-bond acceptors (Lipinski definition) is 3. The highest BCUT2D eigenvalue weighted by Crippen LogP contribution is 2.10. The van der Waals surface area contributed by atoms with Crippen LogP contribution < -0.4 is 5.73 Å². The molecular formula is C17H32N2O3. The van der Waals surface area contributed by atoms with Crippen LogP contribution in [-0.2, 0) is 4.79 Å². The summed E-state index contributed by atoms with van der Waals surface area (Å²) in [5.74, 6) is 0. The summed E-state index contributed by atoms with van der Waals surface area (Å²) in [6, 6.07) is -0.185. The van der Waals surface area contributed by atoms with Gasteiger partial charge in [-0.25, -0.2) is 4.79 Å². The van der Waals surface area contributed by atoms with E-state index in [-0.39, 0.29) is 19.1 Å². The Labute approximate surface area is 134 Å². The molecular weight excluding hydrogens is 280 g/mol. The number of amides is 1. The molecule has 0 radical (unpaired) electrons. The van der Waals surface area contributed by atoms with Crippen molar-refractivity contribution in [2.45, 2.75) is 70.8 Å². The predicted octanol–water partition coefficient (Wildman–Crippen LogP) is 3.58. The van der Waals surface area contributed by atoms with Gasteiger partial charge in [0, 0.05) is 12.6 Å². The van der Waals surface area contributed by atoms with E-state index >= 15 is 0 Å². The van der Waals surface area contributed by atoms with Crippen LogP contribution in [0.2, 0.25) is 0 Å². The molecule has 0 aliphatic heterocycles. The molecule has 0 aliphatic carbocycles. The molecule has 0 fully saturated rings. The van der Waals surface area contributed by atoms with Crippen LogP contribution in [0.25, 0.3) is 0 Å². The number of carboxylic acid groups (broad SMARTS) is 1. The topological polar surface area (TPSA) is 83.6 Å². The maximum atomic E-state index is 10.9. The first kappa shape index (κ1) is 20.6. The third kappa shape index (κ3) is 12.4. The van der Waals surface area contributed by atoms with E-state index in [0.717, 1.165) is 30.6 Å². The summed E-state index contributed by atoms with van der Waals surface area (Å²) in [4.78, 5) is 22.3. The standard InChI is InChI=1S/C17H32N2O3/c1-2-3-4-5-6-7-8-9-10-11-12-16(18)15-19(13-14-20)17(21)22/h3-4,14,16H,2,5-13,15,18H2,1H3,(H,21,22)/b4-3-. The van der Waals surface area contributed by atoms with Gasteiger partial charge in [-0.2, -0.15) is 0 Å². The summed E-state index contributed by atoms with van der Waals surface area (Å²) in [6.45, 7) is 2.28. The summed E-state index contributed by atoms with van der Waals surface area (Å²) in [6.07, 6.45) is 14.2. The van der Waals surface area contributed by atoms with E-state index in [1.807, 2.05) is 0 Å². The highest BCUT2D eigenvalue weighted by Gasteiger charge is 2.14. The first-order valence-corrected chi connectivity index (χ1v) is 8.43. The molecule has 3 N–H and O–H groups in total. The summed E-state index contributed by atoms with van der Waals surface area (Å²) in [7, 11) is 0. The molecule has 0 spiro atoms. The number of rotatable bonds is 14. The SMILES string of the molecule is CC/C=C\CCCCCCCCC(N)CN(CC=O)C(=O)O. The molecule has 0 aliphatic rings. The molecule has 0 rings (SSSR count). The largest absolute Gasteiger partial charge is 0.465 e. The summed E-state index contributed by atoms with van der Waals surface area (Å²) < 4.78 is 0. The zero-order chi connectivity index (χ0) is 16.6. The van der Waals surface area contributed by atoms with Gasteiger partial charge >= 0.3 is 6.09 Å². The Morgan fingerprint density at radius 2 is 1.77 bits per heavy atom. The van der Waals surface area contributed by atoms with Crippen molar-refractivity contribution in [1.82, 2.24) is 4.90 Å². The molecule has 0 bridgehead atoms. The van der Waals surface area contributed by atoms with Gasteiger partial charge in [-0.15, -0.1) is 0 Å². The average Bonchev–Trinajstić information content (AvgIpc) is 2.48. The van der Waals surface area contributed by atoms with E-state index in [1.165, 1.54) is 32.1 Å². The van der Waals surface area contributed by atoms with Gasteiger partial charge in [0.25, 0.3) is 0 Å². The van der Waals surface area contributed by atoms with Crippen LogP contribution >= 0.6 is 0 Å². The molecule has 128 valence electrons. The number of nitrogens with zero attached hydrogens (tertiary/aromatic N) is 1. The second-order valence-electron chi connectivity index (χ2n) is 5.69. The van der Waals surface area contributed by atoms with E-state index in [1.54, 1.807) is 0 Å². The zero-order valence-electron chi connectivity index (χ0n) is 13.9. The molecule has 1 amide bonds. The Hall–Kier alpha value is -1.36. The summed E-state index contributed by atoms with van der Waals surface area (Å²) >= 11 is 0. The van der Waals surface area contributed by atoms with Crippen molar-refractivity contribution in [3.05, 3.63) is 12.2 Å². The fraction of sp³-hybridized carbons (Fsp3) is 0.765. The maximum absolute atomic E-state index is 10.9. The third-order valence-electron chi connectivity index (χ3n) is 3.62. The van der Waals surface area contributed by atoms with Crippen LogP contribution in [0.3, 0.4) is 0 Å². The van der Waals surface area contributed by atoms with Crippen LogP contribution in [-0.4, -0.2) is 41.5 Å². The molecule has 0 saturated carbocycles. The van der Waals surface area contributed by atoms with Crippen molar-refractivity contribution in [2.75, 3.05) is 13.1 Å². The van der Waals surface area contributed by atoms with E-state index in [0.29, 0.717) is 6.29 Å². The minimum absolute atomic E-state index is 0.102. The lowest BCUT2D eigenvalue weighted by Gasteiger charge is -2.20. The molecule has 1 unspecified atom stereocenters. The molecule has 0 heterocycles. The van der Waals surface area contributed by atoms with Gasteiger partial charge in [0.1, 0.15) is 6.29 Å². The lowest BCUT2D eigenvalue weighted by atomic mass is 10.0. The van der Waals surface area contributed by atoms with Gasteiger partial charge < -0.3 is 15.6 Å². The van der Waals surface area contributed by atoms with E-state index in [9.17, 15) is 9.59 Å². The van der Waals surface area contributed by atoms with Crippen LogP contribution in [0, 0.1) is 0 Å². The van der Waals surface area contributed by atoms with Gasteiger partial charge in [0.15, 0.2) is 0 Å². The molecule has 5 nitrogen and oxygen atoms in total. The van der Waals surface area contributed by atoms with Crippen molar-refractivity contribution in [1.29, 1.82) is 0 Å². The van der Waals surface area contributed by atoms with Gasteiger partial charge in [-0.1, -0.05) is 51.2 Å². The quantitative estimate of drug-likeness (QED) is 0.292. The van der Waals surface area contributed by atoms with Crippen molar-refractivity contribution >= 4 is 12.4 Å². The molecule has 0 aromatic carbocycles. The Morgan fingerprint density at radius 1 is 1.14 bits per heavy atom. The van der Waals surface area contributed by atoms with Crippen LogP contribution in [0.1, 0.15) is 64.7 Å². The predicted molar refractivity (Wildman–Crippen MR) is 90.0 cm³/mol. The van der Waals surface area contributed by atoms with Gasteiger partial charge in [-0.05, 0) is 25.7 Å². The summed E-state index contributed by atoms with van der Waals surface area (Å²) in [5.41, 5.74) is 5.92. The zero-order valence-corrected chi connectivity index (χ0v) is 13.9. The fourth-order valence-corrected chi connectivity index (χ4v) is 2.36. The van der Waals surface area contributed by atoms with Crippen molar-refractivity contribution in [3.8, 4) is 0 Å². The number of unbranched alkanes of at least 4 members (excludes halogenated alkanes) is 6. The normalized spacial score (nSPS) is 12.5. The lowest BCUT2D eigenvalue weighted by Crippen LogP contribution is -2.41. The number of aldehydes is 1. The Kier molecular flexibility index (Phi) is 13.7. The number of allylic oxidation sites excluding steroid dienone is 2. The van der Waals surface area contributed by atoms with E-state index < -0.39 is 6.09 Å². The summed E-state index contributed by atoms with van der Waals surface area (Å²) in [5, 5.41) is 8.91. The Bertz CT molecular complexity index is 319. The Morgan fingerprint density at radius 3 is 2.36 bits per heavy atom. The number of hydrogen-bond donors (Lipinski definition) is 2. The second-order valence-corrected chi connectivity index (χ2v) is 5.69. The monoisotopic (exact) mass is 312 g/mol. The molecule has 22 heavy (non-hydrogen) atoms. The number of nitrogens with two attached hydrogens (primary N) is 1. The average molecular weight is 312 g/mol. The number of carbonyl (C=O) groups excluding carboxylic acids is 1. The van der Waals surface area contributed by atoms with Gasteiger partial charge in [-0.3, -0.25) is 4.90 Å². The molecule has 1 atom stereocenters. The Balaban J connectivity index is 3.52. The van der Waals surface area contributed by atoms with Crippen molar-refractivity contribution < 1.29 is 14.7 Å². The smallest absolute Gasteiger partial charge is 0.407 e. The van der Waals surface area contributed by atoms with Crippen LogP contribution in [0.4, 0.5) is 4.79 Å². The molecule has 5 heteroatoms. The van der Waals surface area contributed by atoms with Crippen molar-refractivity contribution in [2.24, 2.45) is 5.73 Å². The van der Waals surface area contributed by atoms with Gasteiger partial charge in [0.05, 0.1) is 6.54 Å².